The molecule has 0 aliphatic carbocycles. The number of nitrogens with zero attached hydrogens (tertiary/aromatic N) is 2. The van der Waals surface area contributed by atoms with E-state index in [0.29, 0.717) is 18.2 Å². The van der Waals surface area contributed by atoms with E-state index in [1.165, 1.54) is 6.20 Å². The lowest BCUT2D eigenvalue weighted by Crippen LogP contribution is -2.48. The van der Waals surface area contributed by atoms with Gasteiger partial charge in [0.15, 0.2) is 0 Å². The molecule has 0 aliphatic heterocycles. The van der Waals surface area contributed by atoms with Crippen LogP contribution < -0.4 is 16.0 Å². The van der Waals surface area contributed by atoms with Gasteiger partial charge in [0.05, 0.1) is 11.9 Å². The van der Waals surface area contributed by atoms with Crippen molar-refractivity contribution in [3.8, 4) is 0 Å². The molecule has 0 saturated carbocycles. The molecule has 0 aromatic carbocycles. The maximum atomic E-state index is 11.9. The second-order valence-electron chi connectivity index (χ2n) is 4.01. The second kappa shape index (κ2) is 5.83. The van der Waals surface area contributed by atoms with Gasteiger partial charge >= 0.3 is 6.03 Å². The Hall–Kier alpha value is -2.11. The minimum atomic E-state index is -0.417. The van der Waals surface area contributed by atoms with Gasteiger partial charge in [-0.15, -0.1) is 0 Å². The topological polar surface area (TPSA) is 95.1 Å². The summed E-state index contributed by atoms with van der Waals surface area (Å²) in [5.74, 6) is 0.000845. The van der Waals surface area contributed by atoms with Gasteiger partial charge < -0.3 is 11.1 Å². The van der Waals surface area contributed by atoms with E-state index in [4.69, 9.17) is 11.1 Å². The molecule has 4 N–H and O–H groups in total. The number of rotatable bonds is 3. The first kappa shape index (κ1) is 13.0. The number of hydrogen-bond donors (Lipinski definition) is 3. The van der Waals surface area contributed by atoms with Gasteiger partial charge in [-0.05, 0) is 18.1 Å². The molecule has 6 nitrogen and oxygen atoms in total. The summed E-state index contributed by atoms with van der Waals surface area (Å²) in [6.07, 6.45) is 3.07. The van der Waals surface area contributed by atoms with Crippen LogP contribution in [0.4, 0.5) is 10.5 Å². The molecular weight excluding hydrogens is 218 g/mol. The van der Waals surface area contributed by atoms with Gasteiger partial charge in [0.2, 0.25) is 5.96 Å². The number of carbonyl (C=O) groups excluding carboxylic acids is 1. The van der Waals surface area contributed by atoms with Crippen LogP contribution in [0, 0.1) is 11.3 Å². The first-order valence-electron chi connectivity index (χ1n) is 5.34. The standard InChI is InChI=1S/C11H17N5O/c1-8(2)6-15-11(17)16(10(12)13)9-4-3-5-14-7-9/h3-5,7-8H,6H2,1-2H3,(H3,12,13)(H,15,17). The van der Waals surface area contributed by atoms with Gasteiger partial charge in [-0.3, -0.25) is 10.4 Å². The first-order chi connectivity index (χ1) is 8.02. The maximum absolute atomic E-state index is 11.9. The van der Waals surface area contributed by atoms with Gasteiger partial charge in [-0.25, -0.2) is 9.69 Å². The molecule has 0 aliphatic rings. The number of nitrogens with two attached hydrogens (primary N) is 1. The van der Waals surface area contributed by atoms with Crippen LogP contribution in [0.15, 0.2) is 24.5 Å². The number of nitrogens with one attached hydrogen (secondary N) is 2. The SMILES string of the molecule is CC(C)CNC(=O)N(C(=N)N)c1cccnc1. The van der Waals surface area contributed by atoms with Crippen molar-refractivity contribution in [1.29, 1.82) is 5.41 Å². The Morgan fingerprint density at radius 3 is 2.82 bits per heavy atom. The Morgan fingerprint density at radius 1 is 1.65 bits per heavy atom. The molecule has 0 bridgehead atoms. The van der Waals surface area contributed by atoms with Gasteiger partial charge in [-0.2, -0.15) is 0 Å². The highest BCUT2D eigenvalue weighted by Gasteiger charge is 2.18. The zero-order valence-electron chi connectivity index (χ0n) is 9.97. The van der Waals surface area contributed by atoms with Crippen LogP contribution in [0.2, 0.25) is 0 Å². The number of urea groups is 1. The fourth-order valence-electron chi connectivity index (χ4n) is 1.22. The summed E-state index contributed by atoms with van der Waals surface area (Å²) in [6, 6.07) is 2.93. The van der Waals surface area contributed by atoms with Crippen LogP contribution >= 0.6 is 0 Å². The molecule has 92 valence electrons. The van der Waals surface area contributed by atoms with Crippen molar-refractivity contribution in [2.24, 2.45) is 11.7 Å². The van der Waals surface area contributed by atoms with E-state index in [2.05, 4.69) is 10.3 Å². The molecule has 0 unspecified atom stereocenters. The third kappa shape index (κ3) is 3.75. The second-order valence-corrected chi connectivity index (χ2v) is 4.01. The Bertz CT molecular complexity index is 390. The average molecular weight is 235 g/mol. The molecule has 2 amide bonds. The fourth-order valence-corrected chi connectivity index (χ4v) is 1.22. The zero-order valence-corrected chi connectivity index (χ0v) is 9.97. The summed E-state index contributed by atoms with van der Waals surface area (Å²) in [4.78, 5) is 16.8. The van der Waals surface area contributed by atoms with E-state index in [1.807, 2.05) is 13.8 Å². The average Bonchev–Trinajstić information content (AvgIpc) is 2.27. The van der Waals surface area contributed by atoms with Crippen molar-refractivity contribution >= 4 is 17.7 Å². The number of hydrogen-bond acceptors (Lipinski definition) is 3. The monoisotopic (exact) mass is 235 g/mol. The van der Waals surface area contributed by atoms with Gasteiger partial charge in [0.1, 0.15) is 0 Å². The van der Waals surface area contributed by atoms with Crippen LogP contribution in [0.3, 0.4) is 0 Å². The molecule has 6 heteroatoms. The van der Waals surface area contributed by atoms with Gasteiger partial charge in [0.25, 0.3) is 0 Å². The van der Waals surface area contributed by atoms with Gasteiger partial charge in [0, 0.05) is 12.7 Å². The number of anilines is 1. The Morgan fingerprint density at radius 2 is 2.35 bits per heavy atom. The lowest BCUT2D eigenvalue weighted by atomic mass is 10.2. The number of aromatic nitrogens is 1. The van der Waals surface area contributed by atoms with Crippen molar-refractivity contribution in [2.45, 2.75) is 13.8 Å². The van der Waals surface area contributed by atoms with E-state index in [0.717, 1.165) is 4.90 Å². The van der Waals surface area contributed by atoms with Crippen LogP contribution in [0.25, 0.3) is 0 Å². The van der Waals surface area contributed by atoms with E-state index < -0.39 is 6.03 Å². The van der Waals surface area contributed by atoms with Crippen molar-refractivity contribution in [1.82, 2.24) is 10.3 Å². The molecule has 0 spiro atoms. The van der Waals surface area contributed by atoms with E-state index in [1.54, 1.807) is 18.3 Å². The molecule has 17 heavy (non-hydrogen) atoms. The first-order valence-corrected chi connectivity index (χ1v) is 5.34. The van der Waals surface area contributed by atoms with Crippen molar-refractivity contribution in [3.63, 3.8) is 0 Å². The van der Waals surface area contributed by atoms with Crippen molar-refractivity contribution in [2.75, 3.05) is 11.4 Å². The third-order valence-electron chi connectivity index (χ3n) is 2.01. The number of guanidine groups is 1. The number of pyridine rings is 1. The molecule has 1 rings (SSSR count). The Kier molecular flexibility index (Phi) is 4.45. The smallest absolute Gasteiger partial charge is 0.328 e. The summed E-state index contributed by atoms with van der Waals surface area (Å²) < 4.78 is 0. The minimum Gasteiger partial charge on any atom is -0.369 e. The summed E-state index contributed by atoms with van der Waals surface area (Å²) in [5.41, 5.74) is 5.87. The van der Waals surface area contributed by atoms with Crippen LogP contribution in [0.1, 0.15) is 13.8 Å². The summed E-state index contributed by atoms with van der Waals surface area (Å²) in [5, 5.41) is 10.1. The highest BCUT2D eigenvalue weighted by Crippen LogP contribution is 2.11. The molecule has 1 heterocycles. The van der Waals surface area contributed by atoms with Crippen molar-refractivity contribution < 1.29 is 4.79 Å². The normalized spacial score (nSPS) is 10.1. The third-order valence-corrected chi connectivity index (χ3v) is 2.01. The fraction of sp³-hybridized carbons (Fsp3) is 0.364. The molecular formula is C11H17N5O. The lowest BCUT2D eigenvalue weighted by Gasteiger charge is -2.21. The van der Waals surface area contributed by atoms with E-state index in [9.17, 15) is 4.79 Å². The molecule has 0 saturated heterocycles. The van der Waals surface area contributed by atoms with Crippen LogP contribution in [0.5, 0.6) is 0 Å². The zero-order chi connectivity index (χ0) is 12.8. The minimum absolute atomic E-state index is 0.334. The van der Waals surface area contributed by atoms with E-state index >= 15 is 0 Å². The molecule has 1 aromatic heterocycles. The molecule has 0 atom stereocenters. The highest BCUT2D eigenvalue weighted by atomic mass is 16.2. The summed E-state index contributed by atoms with van der Waals surface area (Å²) in [6.45, 7) is 4.51. The molecule has 0 fully saturated rings. The maximum Gasteiger partial charge on any atom is 0.328 e. The highest BCUT2D eigenvalue weighted by molar-refractivity contribution is 6.13. The molecule has 0 radical (unpaired) electrons. The predicted molar refractivity (Wildman–Crippen MR) is 66.9 cm³/mol. The molecule has 1 aromatic rings. The van der Waals surface area contributed by atoms with Crippen LogP contribution in [-0.4, -0.2) is 23.5 Å². The number of amides is 2. The number of carbonyl (C=O) groups is 1. The largest absolute Gasteiger partial charge is 0.369 e. The summed E-state index contributed by atoms with van der Waals surface area (Å²) in [7, 11) is 0. The predicted octanol–water partition coefficient (Wildman–Crippen LogP) is 1.15. The summed E-state index contributed by atoms with van der Waals surface area (Å²) >= 11 is 0. The van der Waals surface area contributed by atoms with Crippen LogP contribution in [-0.2, 0) is 0 Å². The Balaban J connectivity index is 2.80. The Labute approximate surface area is 100 Å². The van der Waals surface area contributed by atoms with Gasteiger partial charge in [-0.1, -0.05) is 13.8 Å². The lowest BCUT2D eigenvalue weighted by molar-refractivity contribution is 0.247. The van der Waals surface area contributed by atoms with Crippen molar-refractivity contribution in [3.05, 3.63) is 24.5 Å². The van der Waals surface area contributed by atoms with E-state index in [-0.39, 0.29) is 5.96 Å². The quantitative estimate of drug-likeness (QED) is 0.541.